The Balaban J connectivity index is 0.000000341. The molecule has 0 saturated carbocycles. The molecule has 8 heteroatoms. The first-order valence-corrected chi connectivity index (χ1v) is 17.3. The molecule has 282 valence electrons. The average molecular weight is 703 g/mol. The van der Waals surface area contributed by atoms with E-state index in [1.165, 1.54) is 11.1 Å². The number of nitrogen functional groups attached to an aromatic ring is 2. The molecule has 8 nitrogen and oxygen atoms in total. The molecule has 0 atom stereocenters. The summed E-state index contributed by atoms with van der Waals surface area (Å²) < 4.78 is 0. The van der Waals surface area contributed by atoms with Gasteiger partial charge in [-0.05, 0) is 92.4 Å². The van der Waals surface area contributed by atoms with E-state index in [-0.39, 0.29) is 33.2 Å². The SMILES string of the molecule is CC(C)(C)c1ccc(O)c(N)c1.CC(C)(C)c1ccc(O)c(N)c1.CN(C)c1cc(C(C)(C)C)ccc1O.CNc1cc(C(C)(C)C)ccc1O. The molecule has 4 rings (SSSR count). The van der Waals surface area contributed by atoms with Gasteiger partial charge in [0.05, 0.1) is 22.7 Å². The van der Waals surface area contributed by atoms with Crippen LogP contribution in [-0.2, 0) is 21.7 Å². The molecule has 0 aliphatic heterocycles. The molecule has 4 aromatic rings. The van der Waals surface area contributed by atoms with Crippen molar-refractivity contribution in [3.63, 3.8) is 0 Å². The van der Waals surface area contributed by atoms with E-state index >= 15 is 0 Å². The zero-order valence-corrected chi connectivity index (χ0v) is 33.8. The summed E-state index contributed by atoms with van der Waals surface area (Å²) in [7, 11) is 5.67. The summed E-state index contributed by atoms with van der Waals surface area (Å²) >= 11 is 0. The molecule has 51 heavy (non-hydrogen) atoms. The number of phenols is 4. The molecule has 0 spiro atoms. The van der Waals surface area contributed by atoms with Gasteiger partial charge in [-0.25, -0.2) is 0 Å². The zero-order valence-electron chi connectivity index (χ0n) is 33.8. The van der Waals surface area contributed by atoms with E-state index in [9.17, 15) is 20.4 Å². The second-order valence-electron chi connectivity index (χ2n) is 17.1. The number of anilines is 4. The maximum Gasteiger partial charge on any atom is 0.138 e. The third-order valence-corrected chi connectivity index (χ3v) is 8.24. The van der Waals surface area contributed by atoms with Crippen molar-refractivity contribution in [2.45, 2.75) is 105 Å². The number of rotatable bonds is 2. The van der Waals surface area contributed by atoms with Gasteiger partial charge in [-0.15, -0.1) is 0 Å². The number of aromatic hydroxyl groups is 4. The van der Waals surface area contributed by atoms with Crippen molar-refractivity contribution in [3.8, 4) is 23.0 Å². The van der Waals surface area contributed by atoms with E-state index in [1.807, 2.05) is 74.6 Å². The van der Waals surface area contributed by atoms with Gasteiger partial charge in [0, 0.05) is 21.1 Å². The quantitative estimate of drug-likeness (QED) is 0.0806. The molecule has 0 radical (unpaired) electrons. The molecular weight excluding hydrogens is 636 g/mol. The van der Waals surface area contributed by atoms with Crippen LogP contribution in [0.4, 0.5) is 22.7 Å². The second kappa shape index (κ2) is 17.5. The van der Waals surface area contributed by atoms with Crippen molar-refractivity contribution in [1.29, 1.82) is 0 Å². The van der Waals surface area contributed by atoms with Crippen molar-refractivity contribution in [2.24, 2.45) is 0 Å². The maximum atomic E-state index is 9.63. The largest absolute Gasteiger partial charge is 0.506 e. The van der Waals surface area contributed by atoms with Crippen LogP contribution in [0.1, 0.15) is 105 Å². The van der Waals surface area contributed by atoms with Crippen LogP contribution in [0.25, 0.3) is 0 Å². The van der Waals surface area contributed by atoms with Gasteiger partial charge < -0.3 is 42.1 Å². The smallest absolute Gasteiger partial charge is 0.138 e. The van der Waals surface area contributed by atoms with Gasteiger partial charge in [-0.1, -0.05) is 107 Å². The predicted octanol–water partition coefficient (Wildman–Crippen LogP) is 10.0. The van der Waals surface area contributed by atoms with Gasteiger partial charge in [0.2, 0.25) is 0 Å². The highest BCUT2D eigenvalue weighted by atomic mass is 16.3. The molecule has 4 aromatic carbocycles. The molecule has 0 aromatic heterocycles. The van der Waals surface area contributed by atoms with E-state index in [0.29, 0.717) is 22.9 Å². The molecule has 0 bridgehead atoms. The fourth-order valence-electron chi connectivity index (χ4n) is 4.59. The Morgan fingerprint density at radius 1 is 0.451 bits per heavy atom. The third-order valence-electron chi connectivity index (χ3n) is 8.24. The maximum absolute atomic E-state index is 9.63. The highest BCUT2D eigenvalue weighted by Gasteiger charge is 2.17. The zero-order chi connectivity index (χ0) is 39.7. The van der Waals surface area contributed by atoms with Gasteiger partial charge in [0.15, 0.2) is 0 Å². The first-order chi connectivity index (χ1) is 23.1. The second-order valence-corrected chi connectivity index (χ2v) is 17.1. The molecular formula is C43H66N4O4. The number of nitrogens with two attached hydrogens (primary N) is 2. The summed E-state index contributed by atoms with van der Waals surface area (Å²) in [6, 6.07) is 22.1. The van der Waals surface area contributed by atoms with Gasteiger partial charge >= 0.3 is 0 Å². The van der Waals surface area contributed by atoms with E-state index in [2.05, 4.69) is 88.4 Å². The summed E-state index contributed by atoms with van der Waals surface area (Å²) in [5.74, 6) is 0.949. The van der Waals surface area contributed by atoms with Crippen LogP contribution in [0.15, 0.2) is 72.8 Å². The summed E-state index contributed by atoms with van der Waals surface area (Å²) in [5.41, 5.74) is 18.8. The van der Waals surface area contributed by atoms with Gasteiger partial charge in [0.25, 0.3) is 0 Å². The highest BCUT2D eigenvalue weighted by Crippen LogP contribution is 2.33. The van der Waals surface area contributed by atoms with Crippen LogP contribution in [0.5, 0.6) is 23.0 Å². The lowest BCUT2D eigenvalue weighted by Crippen LogP contribution is -2.14. The lowest BCUT2D eigenvalue weighted by Gasteiger charge is -2.22. The van der Waals surface area contributed by atoms with Crippen LogP contribution in [0.2, 0.25) is 0 Å². The first-order valence-electron chi connectivity index (χ1n) is 17.3. The Bertz CT molecular complexity index is 1640. The topological polar surface area (TPSA) is 148 Å². The van der Waals surface area contributed by atoms with Gasteiger partial charge in [0.1, 0.15) is 23.0 Å². The minimum Gasteiger partial charge on any atom is -0.506 e. The monoisotopic (exact) mass is 703 g/mol. The summed E-state index contributed by atoms with van der Waals surface area (Å²) in [6.07, 6.45) is 0. The van der Waals surface area contributed by atoms with Crippen LogP contribution in [0.3, 0.4) is 0 Å². The van der Waals surface area contributed by atoms with Crippen molar-refractivity contribution >= 4 is 22.7 Å². The lowest BCUT2D eigenvalue weighted by atomic mass is 9.87. The molecule has 0 saturated heterocycles. The van der Waals surface area contributed by atoms with Crippen LogP contribution in [-0.4, -0.2) is 41.6 Å². The van der Waals surface area contributed by atoms with E-state index < -0.39 is 0 Å². The number of benzene rings is 4. The van der Waals surface area contributed by atoms with Crippen molar-refractivity contribution in [1.82, 2.24) is 0 Å². The number of hydrogen-bond donors (Lipinski definition) is 7. The number of nitrogens with one attached hydrogen (secondary N) is 1. The first kappa shape index (κ1) is 44.3. The highest BCUT2D eigenvalue weighted by molar-refractivity contribution is 5.60. The van der Waals surface area contributed by atoms with Crippen LogP contribution < -0.4 is 21.7 Å². The Labute approximate surface area is 308 Å². The average Bonchev–Trinajstić information content (AvgIpc) is 2.99. The molecule has 9 N–H and O–H groups in total. The van der Waals surface area contributed by atoms with E-state index in [0.717, 1.165) is 22.5 Å². The fourth-order valence-corrected chi connectivity index (χ4v) is 4.59. The standard InChI is InChI=1S/C12H19NO.C11H17NO.2C10H15NO/c1-12(2,3)9-6-7-11(14)10(8-9)13(4)5;1-11(2,3)8-5-6-10(13)9(7-8)12-4;2*1-10(2,3)7-4-5-9(12)8(11)6-7/h6-8,14H,1-5H3;5-7,12-13H,1-4H3;2*4-6,12H,11H2,1-3H3. The fraction of sp³-hybridized carbons (Fsp3) is 0.442. The van der Waals surface area contributed by atoms with Gasteiger partial charge in [-0.2, -0.15) is 0 Å². The van der Waals surface area contributed by atoms with E-state index in [4.69, 9.17) is 11.5 Å². The minimum atomic E-state index is 0.0851. The van der Waals surface area contributed by atoms with Crippen molar-refractivity contribution in [3.05, 3.63) is 95.1 Å². The lowest BCUT2D eigenvalue weighted by molar-refractivity contribution is 0.474. The third kappa shape index (κ3) is 14.2. The summed E-state index contributed by atoms with van der Waals surface area (Å²) in [6.45, 7) is 25.6. The normalized spacial score (nSPS) is 11.5. The molecule has 0 heterocycles. The predicted molar refractivity (Wildman–Crippen MR) is 220 cm³/mol. The summed E-state index contributed by atoms with van der Waals surface area (Å²) in [5, 5.41) is 40.4. The number of phenolic OH excluding ortho intramolecular Hbond substituents is 4. The van der Waals surface area contributed by atoms with Crippen molar-refractivity contribution in [2.75, 3.05) is 42.8 Å². The summed E-state index contributed by atoms with van der Waals surface area (Å²) in [4.78, 5) is 1.92. The minimum absolute atomic E-state index is 0.0851. The van der Waals surface area contributed by atoms with Gasteiger partial charge in [-0.3, -0.25) is 0 Å². The molecule has 0 amide bonds. The number of nitrogens with zero attached hydrogens (tertiary/aromatic N) is 1. The van der Waals surface area contributed by atoms with Crippen LogP contribution >= 0.6 is 0 Å². The Kier molecular flexibility index (Phi) is 15.2. The van der Waals surface area contributed by atoms with E-state index in [1.54, 1.807) is 24.3 Å². The molecule has 0 aliphatic rings. The Morgan fingerprint density at radius 3 is 1.04 bits per heavy atom. The molecule has 0 unspecified atom stereocenters. The molecule has 0 aliphatic carbocycles. The van der Waals surface area contributed by atoms with Crippen molar-refractivity contribution < 1.29 is 20.4 Å². The van der Waals surface area contributed by atoms with Crippen LogP contribution in [0, 0.1) is 0 Å². The number of hydrogen-bond acceptors (Lipinski definition) is 8. The Morgan fingerprint density at radius 2 is 0.745 bits per heavy atom. The Hall–Kier alpha value is -4.72. The molecule has 0 fully saturated rings.